The maximum Gasteiger partial charge on any atom is 0.161 e. The van der Waals surface area contributed by atoms with Gasteiger partial charge in [-0.05, 0) is 24.1 Å². The Morgan fingerprint density at radius 1 is 1.29 bits per heavy atom. The van der Waals surface area contributed by atoms with Crippen LogP contribution in [0.1, 0.15) is 30.3 Å². The van der Waals surface area contributed by atoms with Gasteiger partial charge in [-0.25, -0.2) is 4.98 Å². The van der Waals surface area contributed by atoms with Gasteiger partial charge in [0, 0.05) is 32.3 Å². The summed E-state index contributed by atoms with van der Waals surface area (Å²) in [5.74, 6) is 2.46. The molecule has 0 aliphatic carbocycles. The van der Waals surface area contributed by atoms with Crippen molar-refractivity contribution in [2.75, 3.05) is 13.2 Å². The van der Waals surface area contributed by atoms with Gasteiger partial charge >= 0.3 is 0 Å². The van der Waals surface area contributed by atoms with E-state index in [1.807, 2.05) is 36.0 Å². The smallest absolute Gasteiger partial charge is 0.161 e. The third kappa shape index (κ3) is 3.19. The Balaban J connectivity index is 1.68. The van der Waals surface area contributed by atoms with E-state index in [2.05, 4.69) is 4.98 Å². The van der Waals surface area contributed by atoms with E-state index in [4.69, 9.17) is 9.47 Å². The number of benzene rings is 1. The summed E-state index contributed by atoms with van der Waals surface area (Å²) < 4.78 is 13.2. The minimum atomic E-state index is -0.529. The number of rotatable bonds is 4. The number of aromatic nitrogens is 2. The molecule has 0 saturated heterocycles. The Labute approximate surface area is 124 Å². The van der Waals surface area contributed by atoms with Crippen molar-refractivity contribution in [2.45, 2.75) is 25.4 Å². The predicted molar refractivity (Wildman–Crippen MR) is 78.5 cm³/mol. The Morgan fingerprint density at radius 3 is 2.86 bits per heavy atom. The Kier molecular flexibility index (Phi) is 4.10. The third-order valence-electron chi connectivity index (χ3n) is 3.72. The molecule has 1 aromatic heterocycles. The van der Waals surface area contributed by atoms with E-state index in [9.17, 15) is 5.11 Å². The molecule has 0 fully saturated rings. The van der Waals surface area contributed by atoms with Crippen LogP contribution < -0.4 is 9.47 Å². The zero-order valence-electron chi connectivity index (χ0n) is 12.2. The summed E-state index contributed by atoms with van der Waals surface area (Å²) in [4.78, 5) is 4.27. The van der Waals surface area contributed by atoms with Crippen LogP contribution in [0.3, 0.4) is 0 Å². The van der Waals surface area contributed by atoms with Crippen LogP contribution in [0.15, 0.2) is 30.6 Å². The van der Waals surface area contributed by atoms with Crippen LogP contribution in [0.25, 0.3) is 0 Å². The van der Waals surface area contributed by atoms with Crippen molar-refractivity contribution in [1.82, 2.24) is 9.55 Å². The lowest BCUT2D eigenvalue weighted by atomic mass is 10.0. The quantitative estimate of drug-likeness (QED) is 0.937. The first kappa shape index (κ1) is 13.9. The fourth-order valence-corrected chi connectivity index (χ4v) is 2.46. The normalized spacial score (nSPS) is 15.5. The number of aliphatic hydroxyl groups is 1. The molecule has 1 unspecified atom stereocenters. The lowest BCUT2D eigenvalue weighted by Crippen LogP contribution is -2.04. The molecule has 5 nitrogen and oxygen atoms in total. The van der Waals surface area contributed by atoms with E-state index in [1.54, 1.807) is 6.20 Å². The van der Waals surface area contributed by atoms with Crippen molar-refractivity contribution >= 4 is 0 Å². The van der Waals surface area contributed by atoms with E-state index in [-0.39, 0.29) is 0 Å². The minimum Gasteiger partial charge on any atom is -0.490 e. The molecule has 112 valence electrons. The lowest BCUT2D eigenvalue weighted by molar-refractivity contribution is 0.166. The van der Waals surface area contributed by atoms with E-state index >= 15 is 0 Å². The van der Waals surface area contributed by atoms with E-state index < -0.39 is 6.10 Å². The maximum absolute atomic E-state index is 10.3. The standard InChI is InChI=1S/C16H20N2O3/c1-18-8-7-17-16(18)6-4-13(19)12-3-5-14-15(11-12)21-10-2-9-20-14/h3,5,7-8,11,13,19H,2,4,6,9-10H2,1H3. The fraction of sp³-hybridized carbons (Fsp3) is 0.438. The number of aliphatic hydroxyl groups excluding tert-OH is 1. The molecular formula is C16H20N2O3. The van der Waals surface area contributed by atoms with Gasteiger partial charge in [-0.3, -0.25) is 0 Å². The van der Waals surface area contributed by atoms with Crippen molar-refractivity contribution in [3.05, 3.63) is 42.0 Å². The largest absolute Gasteiger partial charge is 0.490 e. The highest BCUT2D eigenvalue weighted by molar-refractivity contribution is 5.44. The first-order valence-electron chi connectivity index (χ1n) is 7.28. The number of fused-ring (bicyclic) bond motifs is 1. The second-order valence-corrected chi connectivity index (χ2v) is 5.27. The van der Waals surface area contributed by atoms with Gasteiger partial charge in [-0.1, -0.05) is 6.07 Å². The molecule has 1 aliphatic heterocycles. The number of ether oxygens (including phenoxy) is 2. The molecule has 1 atom stereocenters. The molecule has 0 spiro atoms. The van der Waals surface area contributed by atoms with Gasteiger partial charge in [-0.15, -0.1) is 0 Å². The van der Waals surface area contributed by atoms with Crippen molar-refractivity contribution in [1.29, 1.82) is 0 Å². The summed E-state index contributed by atoms with van der Waals surface area (Å²) in [6.45, 7) is 1.33. The third-order valence-corrected chi connectivity index (χ3v) is 3.72. The fourth-order valence-electron chi connectivity index (χ4n) is 2.46. The van der Waals surface area contributed by atoms with E-state index in [0.29, 0.717) is 19.6 Å². The van der Waals surface area contributed by atoms with Crippen molar-refractivity contribution in [3.8, 4) is 11.5 Å². The highest BCUT2D eigenvalue weighted by atomic mass is 16.5. The first-order valence-corrected chi connectivity index (χ1v) is 7.28. The molecule has 0 bridgehead atoms. The first-order chi connectivity index (χ1) is 10.2. The maximum atomic E-state index is 10.3. The van der Waals surface area contributed by atoms with Gasteiger partial charge in [0.2, 0.25) is 0 Å². The number of hydrogen-bond donors (Lipinski definition) is 1. The zero-order valence-corrected chi connectivity index (χ0v) is 12.2. The molecule has 1 aliphatic rings. The summed E-state index contributed by atoms with van der Waals surface area (Å²) >= 11 is 0. The summed E-state index contributed by atoms with van der Waals surface area (Å²) in [5, 5.41) is 10.3. The molecule has 5 heteroatoms. The second kappa shape index (κ2) is 6.18. The van der Waals surface area contributed by atoms with E-state index in [1.165, 1.54) is 0 Å². The van der Waals surface area contributed by atoms with Crippen LogP contribution >= 0.6 is 0 Å². The average molecular weight is 288 g/mol. The van der Waals surface area contributed by atoms with Crippen LogP contribution in [-0.2, 0) is 13.5 Å². The SMILES string of the molecule is Cn1ccnc1CCC(O)c1ccc2c(c1)OCCCO2. The number of nitrogens with zero attached hydrogens (tertiary/aromatic N) is 2. The van der Waals surface area contributed by atoms with E-state index in [0.717, 1.165) is 35.7 Å². The summed E-state index contributed by atoms with van der Waals surface area (Å²) in [7, 11) is 1.96. The molecule has 21 heavy (non-hydrogen) atoms. The topological polar surface area (TPSA) is 56.5 Å². The number of imidazole rings is 1. The molecule has 0 saturated carbocycles. The lowest BCUT2D eigenvalue weighted by Gasteiger charge is -2.14. The van der Waals surface area contributed by atoms with Crippen LogP contribution in [0.4, 0.5) is 0 Å². The minimum absolute atomic E-state index is 0.529. The van der Waals surface area contributed by atoms with Gasteiger partial charge in [-0.2, -0.15) is 0 Å². The molecule has 2 aromatic rings. The van der Waals surface area contributed by atoms with Crippen LogP contribution in [-0.4, -0.2) is 27.9 Å². The Bertz CT molecular complexity index is 609. The molecule has 2 heterocycles. The van der Waals surface area contributed by atoms with Gasteiger partial charge in [0.25, 0.3) is 0 Å². The zero-order chi connectivity index (χ0) is 14.7. The van der Waals surface area contributed by atoms with Gasteiger partial charge in [0.05, 0.1) is 19.3 Å². The predicted octanol–water partition coefficient (Wildman–Crippen LogP) is 2.25. The highest BCUT2D eigenvalue weighted by Gasteiger charge is 2.15. The number of hydrogen-bond acceptors (Lipinski definition) is 4. The van der Waals surface area contributed by atoms with Crippen LogP contribution in [0.5, 0.6) is 11.5 Å². The molecule has 3 rings (SSSR count). The van der Waals surface area contributed by atoms with Crippen LogP contribution in [0, 0.1) is 0 Å². The molecular weight excluding hydrogens is 268 g/mol. The van der Waals surface area contributed by atoms with Gasteiger partial charge in [0.15, 0.2) is 11.5 Å². The number of aryl methyl sites for hydroxylation is 2. The molecule has 0 radical (unpaired) electrons. The average Bonchev–Trinajstić information content (AvgIpc) is 2.76. The van der Waals surface area contributed by atoms with Crippen LogP contribution in [0.2, 0.25) is 0 Å². The van der Waals surface area contributed by atoms with Gasteiger partial charge in [0.1, 0.15) is 5.82 Å². The highest BCUT2D eigenvalue weighted by Crippen LogP contribution is 2.33. The second-order valence-electron chi connectivity index (χ2n) is 5.27. The molecule has 1 N–H and O–H groups in total. The summed E-state index contributed by atoms with van der Waals surface area (Å²) in [6, 6.07) is 5.65. The monoisotopic (exact) mass is 288 g/mol. The summed E-state index contributed by atoms with van der Waals surface area (Å²) in [5.41, 5.74) is 0.855. The van der Waals surface area contributed by atoms with Crippen molar-refractivity contribution in [3.63, 3.8) is 0 Å². The molecule has 0 amide bonds. The Hall–Kier alpha value is -2.01. The Morgan fingerprint density at radius 2 is 2.10 bits per heavy atom. The van der Waals surface area contributed by atoms with Crippen molar-refractivity contribution in [2.24, 2.45) is 7.05 Å². The molecule has 1 aromatic carbocycles. The summed E-state index contributed by atoms with van der Waals surface area (Å²) in [6.07, 6.45) is 5.40. The van der Waals surface area contributed by atoms with Crippen molar-refractivity contribution < 1.29 is 14.6 Å². The van der Waals surface area contributed by atoms with Gasteiger partial charge < -0.3 is 19.1 Å².